The summed E-state index contributed by atoms with van der Waals surface area (Å²) in [5.74, 6) is 0.923. The Morgan fingerprint density at radius 1 is 0.293 bits per heavy atom. The second-order valence-electron chi connectivity index (χ2n) is 15.0. The number of pyridine rings is 1. The highest BCUT2D eigenvalue weighted by Crippen LogP contribution is 2.40. The van der Waals surface area contributed by atoms with Gasteiger partial charge in [0.25, 0.3) is 0 Å². The standard InChI is InChI=1S/C54H34N4/c1-3-14-37(15-4-1)53-45-20-10-9-19-43(45)46-34-52-47(33-49(46)55-53)44-30-28-40(32-51(44)57(52)41-17-5-2-6-18-41)36-23-25-38(26-24-36)54-56-48-21-11-12-22-50(48)58(54)42-29-27-35-13-7-8-16-39(35)31-42/h1-34H. The predicted octanol–water partition coefficient (Wildman–Crippen LogP) is 14.0. The number of fused-ring (bicyclic) bond motifs is 8. The largest absolute Gasteiger partial charge is 0.309 e. The first-order chi connectivity index (χ1) is 28.7. The first-order valence-electron chi connectivity index (χ1n) is 19.7. The van der Waals surface area contributed by atoms with E-state index in [1.54, 1.807) is 0 Å². The predicted molar refractivity (Wildman–Crippen MR) is 242 cm³/mol. The molecule has 0 atom stereocenters. The summed E-state index contributed by atoms with van der Waals surface area (Å²) in [5, 5.41) is 8.31. The molecule has 3 heterocycles. The summed E-state index contributed by atoms with van der Waals surface area (Å²) in [5.41, 5.74) is 13.1. The van der Waals surface area contributed by atoms with Gasteiger partial charge in [-0.1, -0.05) is 152 Å². The van der Waals surface area contributed by atoms with E-state index in [4.69, 9.17) is 9.97 Å². The van der Waals surface area contributed by atoms with E-state index < -0.39 is 0 Å². The Morgan fingerprint density at radius 3 is 1.81 bits per heavy atom. The Kier molecular flexibility index (Phi) is 7.20. The average molecular weight is 739 g/mol. The van der Waals surface area contributed by atoms with Crippen LogP contribution < -0.4 is 0 Å². The number of imidazole rings is 1. The molecular weight excluding hydrogens is 705 g/mol. The highest BCUT2D eigenvalue weighted by molar-refractivity contribution is 6.19. The summed E-state index contributed by atoms with van der Waals surface area (Å²) in [6.07, 6.45) is 0. The molecule has 0 bridgehead atoms. The maximum absolute atomic E-state index is 5.35. The number of para-hydroxylation sites is 3. The summed E-state index contributed by atoms with van der Waals surface area (Å²) >= 11 is 0. The molecule has 270 valence electrons. The zero-order valence-corrected chi connectivity index (χ0v) is 31.4. The van der Waals surface area contributed by atoms with E-state index in [1.165, 1.54) is 26.9 Å². The summed E-state index contributed by atoms with van der Waals surface area (Å²) in [4.78, 5) is 10.5. The van der Waals surface area contributed by atoms with Crippen LogP contribution in [0.4, 0.5) is 0 Å². The van der Waals surface area contributed by atoms with Gasteiger partial charge in [0.15, 0.2) is 0 Å². The first kappa shape index (κ1) is 32.4. The van der Waals surface area contributed by atoms with Crippen LogP contribution in [0.15, 0.2) is 206 Å². The van der Waals surface area contributed by atoms with Crippen molar-refractivity contribution in [1.82, 2.24) is 19.1 Å². The van der Waals surface area contributed by atoms with Crippen molar-refractivity contribution in [2.24, 2.45) is 0 Å². The second kappa shape index (κ2) is 12.9. The molecule has 0 aliphatic carbocycles. The van der Waals surface area contributed by atoms with Gasteiger partial charge in [-0.2, -0.15) is 0 Å². The molecule has 0 N–H and O–H groups in total. The van der Waals surface area contributed by atoms with Gasteiger partial charge in [0.2, 0.25) is 0 Å². The fourth-order valence-electron chi connectivity index (χ4n) is 8.92. The highest BCUT2D eigenvalue weighted by atomic mass is 15.1. The molecule has 0 aliphatic heterocycles. The summed E-state index contributed by atoms with van der Waals surface area (Å²) in [6.45, 7) is 0. The molecular formula is C54H34N4. The molecule has 12 aromatic rings. The van der Waals surface area contributed by atoms with E-state index in [-0.39, 0.29) is 0 Å². The van der Waals surface area contributed by atoms with E-state index in [0.717, 1.165) is 83.5 Å². The van der Waals surface area contributed by atoms with Gasteiger partial charge in [0, 0.05) is 44.0 Å². The molecule has 0 saturated carbocycles. The van der Waals surface area contributed by atoms with Crippen LogP contribution >= 0.6 is 0 Å². The van der Waals surface area contributed by atoms with Gasteiger partial charge in [-0.15, -0.1) is 0 Å². The number of aromatic nitrogens is 4. The van der Waals surface area contributed by atoms with Crippen molar-refractivity contribution >= 4 is 65.3 Å². The van der Waals surface area contributed by atoms with Gasteiger partial charge in [0.05, 0.1) is 33.3 Å². The van der Waals surface area contributed by atoms with Gasteiger partial charge < -0.3 is 4.57 Å². The molecule has 4 nitrogen and oxygen atoms in total. The number of rotatable bonds is 5. The van der Waals surface area contributed by atoms with Crippen LogP contribution in [0.3, 0.4) is 0 Å². The van der Waals surface area contributed by atoms with Crippen molar-refractivity contribution < 1.29 is 0 Å². The topological polar surface area (TPSA) is 35.6 Å². The van der Waals surface area contributed by atoms with Crippen LogP contribution in [0.5, 0.6) is 0 Å². The normalized spacial score (nSPS) is 11.8. The lowest BCUT2D eigenvalue weighted by Crippen LogP contribution is -1.97. The number of benzene rings is 9. The smallest absolute Gasteiger partial charge is 0.145 e. The van der Waals surface area contributed by atoms with Gasteiger partial charge >= 0.3 is 0 Å². The maximum atomic E-state index is 5.35. The number of nitrogens with zero attached hydrogens (tertiary/aromatic N) is 4. The van der Waals surface area contributed by atoms with Gasteiger partial charge in [0.1, 0.15) is 5.82 Å². The Bertz CT molecular complexity index is 3540. The van der Waals surface area contributed by atoms with E-state index in [0.29, 0.717) is 0 Å². The minimum absolute atomic E-state index is 0.923. The molecule has 4 heteroatoms. The molecule has 0 spiro atoms. The third-order valence-corrected chi connectivity index (χ3v) is 11.7. The van der Waals surface area contributed by atoms with Crippen LogP contribution in [-0.2, 0) is 0 Å². The second-order valence-corrected chi connectivity index (χ2v) is 15.0. The van der Waals surface area contributed by atoms with E-state index in [1.807, 2.05) is 0 Å². The summed E-state index contributed by atoms with van der Waals surface area (Å²) < 4.78 is 4.69. The van der Waals surface area contributed by atoms with Crippen LogP contribution in [0.25, 0.3) is 110 Å². The lowest BCUT2D eigenvalue weighted by atomic mass is 9.98. The first-order valence-corrected chi connectivity index (χ1v) is 19.7. The van der Waals surface area contributed by atoms with E-state index >= 15 is 0 Å². The lowest BCUT2D eigenvalue weighted by molar-refractivity contribution is 1.11. The Hall–Kier alpha value is -7.82. The highest BCUT2D eigenvalue weighted by Gasteiger charge is 2.19. The van der Waals surface area contributed by atoms with Crippen molar-refractivity contribution in [1.29, 1.82) is 0 Å². The fraction of sp³-hybridized carbons (Fsp3) is 0. The molecule has 0 aliphatic rings. The Morgan fingerprint density at radius 2 is 0.966 bits per heavy atom. The third-order valence-electron chi connectivity index (χ3n) is 11.7. The molecule has 9 aromatic carbocycles. The minimum atomic E-state index is 0.923. The van der Waals surface area contributed by atoms with Crippen molar-refractivity contribution in [2.45, 2.75) is 0 Å². The SMILES string of the molecule is c1ccc(-c2nc3cc4c5ccc(-c6ccc(-c7nc8ccccc8n7-c7ccc8ccccc8c7)cc6)cc5n(-c5ccccc5)c4cc3c3ccccc23)cc1. The van der Waals surface area contributed by atoms with Crippen molar-refractivity contribution in [3.63, 3.8) is 0 Å². The molecule has 0 fully saturated rings. The van der Waals surface area contributed by atoms with E-state index in [9.17, 15) is 0 Å². The van der Waals surface area contributed by atoms with Crippen LogP contribution in [0.2, 0.25) is 0 Å². The maximum Gasteiger partial charge on any atom is 0.145 e. The zero-order chi connectivity index (χ0) is 38.2. The van der Waals surface area contributed by atoms with Crippen LogP contribution in [0.1, 0.15) is 0 Å². The summed E-state index contributed by atoms with van der Waals surface area (Å²) in [6, 6.07) is 73.8. The van der Waals surface area contributed by atoms with Gasteiger partial charge in [-0.3, -0.25) is 4.57 Å². The molecule has 0 radical (unpaired) electrons. The lowest BCUT2D eigenvalue weighted by Gasteiger charge is -2.12. The average Bonchev–Trinajstić information content (AvgIpc) is 3.84. The Balaban J connectivity index is 1.02. The van der Waals surface area contributed by atoms with Crippen molar-refractivity contribution in [3.05, 3.63) is 206 Å². The van der Waals surface area contributed by atoms with Gasteiger partial charge in [-0.25, -0.2) is 9.97 Å². The van der Waals surface area contributed by atoms with Gasteiger partial charge in [-0.05, 0) is 81.9 Å². The number of hydrogen-bond donors (Lipinski definition) is 0. The molecule has 0 unspecified atom stereocenters. The molecule has 0 saturated heterocycles. The number of hydrogen-bond acceptors (Lipinski definition) is 2. The molecule has 12 rings (SSSR count). The van der Waals surface area contributed by atoms with Crippen LogP contribution in [0, 0.1) is 0 Å². The zero-order valence-electron chi connectivity index (χ0n) is 31.4. The summed E-state index contributed by atoms with van der Waals surface area (Å²) in [7, 11) is 0. The molecule has 58 heavy (non-hydrogen) atoms. The molecule has 3 aromatic heterocycles. The van der Waals surface area contributed by atoms with E-state index in [2.05, 4.69) is 215 Å². The monoisotopic (exact) mass is 738 g/mol. The molecule has 0 amide bonds. The minimum Gasteiger partial charge on any atom is -0.309 e. The Labute approximate surface area is 334 Å². The fourth-order valence-corrected chi connectivity index (χ4v) is 8.92. The quantitative estimate of drug-likeness (QED) is 0.165. The third kappa shape index (κ3) is 5.09. The van der Waals surface area contributed by atoms with Crippen LogP contribution in [-0.4, -0.2) is 19.1 Å². The van der Waals surface area contributed by atoms with Crippen molar-refractivity contribution in [3.8, 4) is 45.1 Å². The van der Waals surface area contributed by atoms with Crippen molar-refractivity contribution in [2.75, 3.05) is 0 Å².